The van der Waals surface area contributed by atoms with Crippen LogP contribution in [0.15, 0.2) is 0 Å². The molecule has 0 aromatic carbocycles. The van der Waals surface area contributed by atoms with Gasteiger partial charge in [0, 0.05) is 0 Å². The average molecular weight is 258 g/mol. The van der Waals surface area contributed by atoms with Crippen LogP contribution in [0, 0.1) is 0 Å². The molecule has 1 N–H and O–H groups in total. The van der Waals surface area contributed by atoms with Gasteiger partial charge in [-0.25, -0.2) is 9.86 Å². The summed E-state index contributed by atoms with van der Waals surface area (Å²) in [5, 5.41) is 3.79. The quantitative estimate of drug-likeness (QED) is 0.598. The van der Waals surface area contributed by atoms with Crippen LogP contribution in [0.2, 0.25) is 0 Å². The molecule has 1 aliphatic heterocycles. The second-order valence-electron chi connectivity index (χ2n) is 5.28. The molecule has 1 aliphatic rings. The van der Waals surface area contributed by atoms with Gasteiger partial charge in [0.2, 0.25) is 0 Å². The fourth-order valence-electron chi connectivity index (χ4n) is 1.39. The van der Waals surface area contributed by atoms with Crippen molar-refractivity contribution in [1.29, 1.82) is 0 Å². The third kappa shape index (κ3) is 4.52. The first-order chi connectivity index (χ1) is 8.33. The van der Waals surface area contributed by atoms with Crippen LogP contribution in [0.1, 0.15) is 40.5 Å². The van der Waals surface area contributed by atoms with Crippen molar-refractivity contribution in [3.63, 3.8) is 0 Å². The number of unbranched alkanes of at least 4 members (excludes halogenated alkanes) is 1. The van der Waals surface area contributed by atoms with Gasteiger partial charge >= 0.3 is 6.09 Å². The first-order valence-corrected chi connectivity index (χ1v) is 6.27. The van der Waals surface area contributed by atoms with Crippen LogP contribution < -0.4 is 5.32 Å². The van der Waals surface area contributed by atoms with E-state index in [1.165, 1.54) is 5.06 Å². The van der Waals surface area contributed by atoms with E-state index in [1.54, 1.807) is 20.8 Å². The van der Waals surface area contributed by atoms with E-state index in [-0.39, 0.29) is 5.91 Å². The number of β-lactam (4-membered cyclic amide) rings is 1. The van der Waals surface area contributed by atoms with Crippen molar-refractivity contribution in [2.75, 3.05) is 13.2 Å². The molecule has 0 saturated carbocycles. The number of amides is 2. The summed E-state index contributed by atoms with van der Waals surface area (Å²) in [5.74, 6) is -0.225. The zero-order valence-electron chi connectivity index (χ0n) is 11.5. The zero-order chi connectivity index (χ0) is 13.8. The molecule has 0 unspecified atom stereocenters. The molecule has 0 bridgehead atoms. The fourth-order valence-corrected chi connectivity index (χ4v) is 1.39. The third-order valence-electron chi connectivity index (χ3n) is 2.33. The summed E-state index contributed by atoms with van der Waals surface area (Å²) in [6.07, 6.45) is 1.35. The summed E-state index contributed by atoms with van der Waals surface area (Å²) in [5.41, 5.74) is -0.561. The molecule has 0 radical (unpaired) electrons. The molecule has 0 spiro atoms. The van der Waals surface area contributed by atoms with Gasteiger partial charge in [-0.3, -0.25) is 9.63 Å². The molecule has 0 aromatic heterocycles. The first kappa shape index (κ1) is 14.8. The van der Waals surface area contributed by atoms with Crippen LogP contribution >= 0.6 is 0 Å². The fraction of sp³-hybridized carbons (Fsp3) is 0.833. The van der Waals surface area contributed by atoms with E-state index in [2.05, 4.69) is 5.32 Å². The Morgan fingerprint density at radius 3 is 2.67 bits per heavy atom. The minimum atomic E-state index is -0.575. The van der Waals surface area contributed by atoms with E-state index in [1.807, 2.05) is 6.92 Å². The minimum absolute atomic E-state index is 0.225. The van der Waals surface area contributed by atoms with Gasteiger partial charge in [0.05, 0.1) is 13.2 Å². The molecule has 1 heterocycles. The van der Waals surface area contributed by atoms with Gasteiger partial charge in [0.1, 0.15) is 11.6 Å². The highest BCUT2D eigenvalue weighted by molar-refractivity contribution is 5.90. The van der Waals surface area contributed by atoms with Crippen LogP contribution in [0.5, 0.6) is 0 Å². The van der Waals surface area contributed by atoms with Crippen molar-refractivity contribution in [2.24, 2.45) is 0 Å². The van der Waals surface area contributed by atoms with E-state index in [0.717, 1.165) is 12.8 Å². The largest absolute Gasteiger partial charge is 0.444 e. The maximum absolute atomic E-state index is 11.6. The Hall–Kier alpha value is -1.30. The van der Waals surface area contributed by atoms with Crippen LogP contribution in [0.25, 0.3) is 0 Å². The van der Waals surface area contributed by atoms with Gasteiger partial charge in [-0.05, 0) is 27.2 Å². The Labute approximate surface area is 108 Å². The topological polar surface area (TPSA) is 67.9 Å². The summed E-state index contributed by atoms with van der Waals surface area (Å²) >= 11 is 0. The highest BCUT2D eigenvalue weighted by Crippen LogP contribution is 2.13. The molecule has 6 nitrogen and oxygen atoms in total. The third-order valence-corrected chi connectivity index (χ3v) is 2.33. The number of carbonyl (C=O) groups is 2. The molecule has 0 aromatic rings. The van der Waals surface area contributed by atoms with Gasteiger partial charge in [-0.1, -0.05) is 13.3 Å². The van der Waals surface area contributed by atoms with Gasteiger partial charge in [0.15, 0.2) is 0 Å². The zero-order valence-corrected chi connectivity index (χ0v) is 11.5. The number of hydrogen-bond donors (Lipinski definition) is 1. The lowest BCUT2D eigenvalue weighted by atomic mass is 10.1. The maximum atomic E-state index is 11.6. The number of alkyl carbamates (subject to hydrolysis) is 1. The number of ether oxygens (including phenoxy) is 1. The van der Waals surface area contributed by atoms with E-state index in [4.69, 9.17) is 9.57 Å². The highest BCUT2D eigenvalue weighted by atomic mass is 16.7. The average Bonchev–Trinajstić information content (AvgIpc) is 2.24. The smallest absolute Gasteiger partial charge is 0.408 e. The Morgan fingerprint density at radius 1 is 1.50 bits per heavy atom. The molecule has 18 heavy (non-hydrogen) atoms. The lowest BCUT2D eigenvalue weighted by Crippen LogP contribution is -2.63. The molecule has 1 saturated heterocycles. The number of rotatable bonds is 5. The van der Waals surface area contributed by atoms with Crippen molar-refractivity contribution < 1.29 is 19.2 Å². The summed E-state index contributed by atoms with van der Waals surface area (Å²) in [4.78, 5) is 28.3. The lowest BCUT2D eigenvalue weighted by molar-refractivity contribution is -0.214. The van der Waals surface area contributed by atoms with E-state index < -0.39 is 17.7 Å². The number of carbonyl (C=O) groups excluding carboxylic acids is 2. The predicted octanol–water partition coefficient (Wildman–Crippen LogP) is 1.45. The lowest BCUT2D eigenvalue weighted by Gasteiger charge is -2.37. The summed E-state index contributed by atoms with van der Waals surface area (Å²) in [6.45, 7) is 8.28. The molecule has 1 atom stereocenters. The predicted molar refractivity (Wildman–Crippen MR) is 65.7 cm³/mol. The van der Waals surface area contributed by atoms with Crippen molar-refractivity contribution in [2.45, 2.75) is 52.2 Å². The SMILES string of the molecule is CCCCON1C[C@@H](NC(=O)OC(C)(C)C)C1=O. The van der Waals surface area contributed by atoms with Crippen LogP contribution in [0.4, 0.5) is 4.79 Å². The number of hydroxylamine groups is 2. The van der Waals surface area contributed by atoms with Crippen molar-refractivity contribution >= 4 is 12.0 Å². The second-order valence-corrected chi connectivity index (χ2v) is 5.28. The van der Waals surface area contributed by atoms with Crippen LogP contribution in [-0.4, -0.2) is 41.9 Å². The Bertz CT molecular complexity index is 312. The van der Waals surface area contributed by atoms with E-state index in [9.17, 15) is 9.59 Å². The molecule has 1 fully saturated rings. The molecule has 2 amide bonds. The first-order valence-electron chi connectivity index (χ1n) is 6.27. The van der Waals surface area contributed by atoms with Crippen molar-refractivity contribution in [1.82, 2.24) is 10.4 Å². The molecular weight excluding hydrogens is 236 g/mol. The second kappa shape index (κ2) is 6.04. The van der Waals surface area contributed by atoms with E-state index >= 15 is 0 Å². The Balaban J connectivity index is 2.23. The highest BCUT2D eigenvalue weighted by Gasteiger charge is 2.39. The number of nitrogens with one attached hydrogen (secondary N) is 1. The monoisotopic (exact) mass is 258 g/mol. The number of nitrogens with zero attached hydrogens (tertiary/aromatic N) is 1. The van der Waals surface area contributed by atoms with Crippen molar-refractivity contribution in [3.8, 4) is 0 Å². The maximum Gasteiger partial charge on any atom is 0.408 e. The normalized spacial score (nSPS) is 19.4. The molecule has 0 aliphatic carbocycles. The molecular formula is C12H22N2O4. The van der Waals surface area contributed by atoms with E-state index in [0.29, 0.717) is 13.2 Å². The summed E-state index contributed by atoms with van der Waals surface area (Å²) in [6, 6.07) is -0.526. The van der Waals surface area contributed by atoms with Gasteiger partial charge < -0.3 is 10.1 Å². The molecule has 6 heteroatoms. The summed E-state index contributed by atoms with van der Waals surface area (Å²) in [7, 11) is 0. The minimum Gasteiger partial charge on any atom is -0.444 e. The Kier molecular flexibility index (Phi) is 4.95. The van der Waals surface area contributed by atoms with Gasteiger partial charge in [-0.2, -0.15) is 0 Å². The standard InChI is InChI=1S/C12H22N2O4/c1-5-6-7-17-14-8-9(10(14)15)13-11(16)18-12(2,3)4/h9H,5-8H2,1-4H3,(H,13,16)/t9-/m1/s1. The Morgan fingerprint density at radius 2 is 2.17 bits per heavy atom. The molecule has 104 valence electrons. The number of hydrogen-bond acceptors (Lipinski definition) is 4. The summed E-state index contributed by atoms with van der Waals surface area (Å²) < 4.78 is 5.06. The van der Waals surface area contributed by atoms with Crippen LogP contribution in [-0.2, 0) is 14.4 Å². The molecule has 1 rings (SSSR count). The van der Waals surface area contributed by atoms with Gasteiger partial charge in [-0.15, -0.1) is 0 Å². The van der Waals surface area contributed by atoms with Crippen molar-refractivity contribution in [3.05, 3.63) is 0 Å². The van der Waals surface area contributed by atoms with Crippen LogP contribution in [0.3, 0.4) is 0 Å². The van der Waals surface area contributed by atoms with Gasteiger partial charge in [0.25, 0.3) is 5.91 Å².